The molecule has 2 rings (SSSR count). The number of halogens is 1. The molecule has 112 valence electrons. The van der Waals surface area contributed by atoms with E-state index in [4.69, 9.17) is 11.6 Å². The molecule has 4 heteroatoms. The molecule has 1 aliphatic heterocycles. The zero-order valence-corrected chi connectivity index (χ0v) is 12.8. The van der Waals surface area contributed by atoms with Gasteiger partial charge < -0.3 is 15.1 Å². The van der Waals surface area contributed by atoms with E-state index in [1.54, 1.807) is 0 Å². The number of rotatable bonds is 5. The van der Waals surface area contributed by atoms with Crippen molar-refractivity contribution in [1.82, 2.24) is 4.90 Å². The summed E-state index contributed by atoms with van der Waals surface area (Å²) in [7, 11) is 0. The summed E-state index contributed by atoms with van der Waals surface area (Å²) in [6.07, 6.45) is 2.52. The standard InChI is InChI=1S/C16H24ClNO2/c1-2-16(12-19)6-8-18(9-7-16)11-15(20)13-4-3-5-14(17)10-13/h3-5,10,15,19-20H,2,6-9,11-12H2,1H3. The van der Waals surface area contributed by atoms with Gasteiger partial charge in [-0.1, -0.05) is 30.7 Å². The van der Waals surface area contributed by atoms with Gasteiger partial charge in [-0.3, -0.25) is 0 Å². The van der Waals surface area contributed by atoms with Crippen LogP contribution in [0, 0.1) is 5.41 Å². The highest BCUT2D eigenvalue weighted by Crippen LogP contribution is 2.34. The molecule has 1 heterocycles. The normalized spacial score (nSPS) is 20.8. The molecule has 0 aromatic heterocycles. The van der Waals surface area contributed by atoms with Crippen LogP contribution in [0.1, 0.15) is 37.9 Å². The second-order valence-electron chi connectivity index (χ2n) is 5.88. The van der Waals surface area contributed by atoms with Gasteiger partial charge in [0, 0.05) is 18.2 Å². The predicted octanol–water partition coefficient (Wildman–Crippen LogP) is 2.86. The van der Waals surface area contributed by atoms with E-state index in [2.05, 4.69) is 11.8 Å². The number of hydrogen-bond acceptors (Lipinski definition) is 3. The van der Waals surface area contributed by atoms with Gasteiger partial charge in [-0.05, 0) is 55.5 Å². The average molecular weight is 298 g/mol. The van der Waals surface area contributed by atoms with Gasteiger partial charge in [-0.25, -0.2) is 0 Å². The molecule has 1 saturated heterocycles. The van der Waals surface area contributed by atoms with Gasteiger partial charge >= 0.3 is 0 Å². The van der Waals surface area contributed by atoms with Crippen LogP contribution in [0.25, 0.3) is 0 Å². The van der Waals surface area contributed by atoms with E-state index >= 15 is 0 Å². The molecular formula is C16H24ClNO2. The maximum Gasteiger partial charge on any atom is 0.0917 e. The minimum Gasteiger partial charge on any atom is -0.396 e. The summed E-state index contributed by atoms with van der Waals surface area (Å²) < 4.78 is 0. The van der Waals surface area contributed by atoms with Crippen molar-refractivity contribution in [2.45, 2.75) is 32.3 Å². The largest absolute Gasteiger partial charge is 0.396 e. The first kappa shape index (κ1) is 15.8. The fourth-order valence-electron chi connectivity index (χ4n) is 2.90. The third kappa shape index (κ3) is 3.73. The second-order valence-corrected chi connectivity index (χ2v) is 6.32. The van der Waals surface area contributed by atoms with Crippen LogP contribution in [0.2, 0.25) is 5.02 Å². The fourth-order valence-corrected chi connectivity index (χ4v) is 3.10. The SMILES string of the molecule is CCC1(CO)CCN(CC(O)c2cccc(Cl)c2)CC1. The van der Waals surface area contributed by atoms with Crippen LogP contribution < -0.4 is 0 Å². The Kier molecular flexibility index (Phi) is 5.44. The van der Waals surface area contributed by atoms with Gasteiger partial charge in [0.2, 0.25) is 0 Å². The van der Waals surface area contributed by atoms with E-state index in [0.717, 1.165) is 37.9 Å². The molecule has 2 N–H and O–H groups in total. The number of aliphatic hydroxyl groups excluding tert-OH is 2. The molecule has 0 spiro atoms. The quantitative estimate of drug-likeness (QED) is 0.878. The Balaban J connectivity index is 1.89. The maximum absolute atomic E-state index is 10.3. The predicted molar refractivity (Wildman–Crippen MR) is 81.9 cm³/mol. The number of benzene rings is 1. The minimum absolute atomic E-state index is 0.0947. The molecule has 1 aromatic carbocycles. The van der Waals surface area contributed by atoms with Crippen molar-refractivity contribution in [2.75, 3.05) is 26.2 Å². The van der Waals surface area contributed by atoms with Gasteiger partial charge in [-0.2, -0.15) is 0 Å². The Labute approximate surface area is 126 Å². The summed E-state index contributed by atoms with van der Waals surface area (Å²) in [6.45, 7) is 4.92. The fraction of sp³-hybridized carbons (Fsp3) is 0.625. The molecular weight excluding hydrogens is 274 g/mol. The lowest BCUT2D eigenvalue weighted by Gasteiger charge is -2.40. The molecule has 20 heavy (non-hydrogen) atoms. The summed E-state index contributed by atoms with van der Waals surface area (Å²) >= 11 is 5.95. The van der Waals surface area contributed by atoms with Gasteiger partial charge in [0.05, 0.1) is 6.10 Å². The lowest BCUT2D eigenvalue weighted by atomic mass is 9.77. The topological polar surface area (TPSA) is 43.7 Å². The van der Waals surface area contributed by atoms with Crippen LogP contribution in [-0.4, -0.2) is 41.4 Å². The summed E-state index contributed by atoms with van der Waals surface area (Å²) in [4.78, 5) is 2.27. The van der Waals surface area contributed by atoms with Crippen LogP contribution >= 0.6 is 11.6 Å². The summed E-state index contributed by atoms with van der Waals surface area (Å²) in [5.41, 5.74) is 0.962. The summed E-state index contributed by atoms with van der Waals surface area (Å²) in [5, 5.41) is 20.5. The van der Waals surface area contributed by atoms with Crippen LogP contribution in [0.15, 0.2) is 24.3 Å². The first-order valence-electron chi connectivity index (χ1n) is 7.35. The van der Waals surface area contributed by atoms with Crippen LogP contribution in [0.5, 0.6) is 0 Å². The second kappa shape index (κ2) is 6.90. The molecule has 1 aromatic rings. The van der Waals surface area contributed by atoms with E-state index in [-0.39, 0.29) is 12.0 Å². The number of aliphatic hydroxyl groups is 2. The Bertz CT molecular complexity index is 424. The zero-order chi connectivity index (χ0) is 14.6. The summed E-state index contributed by atoms with van der Waals surface area (Å²) in [5.74, 6) is 0. The van der Waals surface area contributed by atoms with Crippen molar-refractivity contribution in [3.8, 4) is 0 Å². The molecule has 1 aliphatic rings. The highest BCUT2D eigenvalue weighted by Gasteiger charge is 2.32. The average Bonchev–Trinajstić information content (AvgIpc) is 2.48. The molecule has 3 nitrogen and oxygen atoms in total. The Morgan fingerprint density at radius 1 is 1.35 bits per heavy atom. The Morgan fingerprint density at radius 2 is 2.05 bits per heavy atom. The highest BCUT2D eigenvalue weighted by atomic mass is 35.5. The number of β-amino-alcohol motifs (C(OH)–C–C–N with tert-alkyl or cyclic N) is 1. The first-order chi connectivity index (χ1) is 9.58. The molecule has 0 aliphatic carbocycles. The van der Waals surface area contributed by atoms with Crippen LogP contribution in [0.4, 0.5) is 0 Å². The van der Waals surface area contributed by atoms with Crippen molar-refractivity contribution in [2.24, 2.45) is 5.41 Å². The third-order valence-electron chi connectivity index (χ3n) is 4.67. The van der Waals surface area contributed by atoms with E-state index < -0.39 is 6.10 Å². The van der Waals surface area contributed by atoms with Crippen molar-refractivity contribution in [3.63, 3.8) is 0 Å². The molecule has 0 bridgehead atoms. The summed E-state index contributed by atoms with van der Waals surface area (Å²) in [6, 6.07) is 7.41. The van der Waals surface area contributed by atoms with Gasteiger partial charge in [0.1, 0.15) is 0 Å². The van der Waals surface area contributed by atoms with E-state index in [1.165, 1.54) is 0 Å². The highest BCUT2D eigenvalue weighted by molar-refractivity contribution is 6.30. The van der Waals surface area contributed by atoms with Crippen LogP contribution in [0.3, 0.4) is 0 Å². The minimum atomic E-state index is -0.503. The molecule has 0 saturated carbocycles. The van der Waals surface area contributed by atoms with Crippen LogP contribution in [-0.2, 0) is 0 Å². The zero-order valence-electron chi connectivity index (χ0n) is 12.1. The van der Waals surface area contributed by atoms with Crippen molar-refractivity contribution in [1.29, 1.82) is 0 Å². The molecule has 0 amide bonds. The van der Waals surface area contributed by atoms with E-state index in [1.807, 2.05) is 24.3 Å². The molecule has 1 unspecified atom stereocenters. The molecule has 1 fully saturated rings. The van der Waals surface area contributed by atoms with Crippen molar-refractivity contribution in [3.05, 3.63) is 34.9 Å². The van der Waals surface area contributed by atoms with Gasteiger partial charge in [0.25, 0.3) is 0 Å². The Hall–Kier alpha value is -0.610. The van der Waals surface area contributed by atoms with Gasteiger partial charge in [-0.15, -0.1) is 0 Å². The number of piperidine rings is 1. The Morgan fingerprint density at radius 3 is 2.60 bits per heavy atom. The maximum atomic E-state index is 10.3. The monoisotopic (exact) mass is 297 g/mol. The lowest BCUT2D eigenvalue weighted by Crippen LogP contribution is -2.43. The number of hydrogen-bond donors (Lipinski definition) is 2. The molecule has 0 radical (unpaired) electrons. The van der Waals surface area contributed by atoms with Crippen molar-refractivity contribution >= 4 is 11.6 Å². The van der Waals surface area contributed by atoms with E-state index in [9.17, 15) is 10.2 Å². The van der Waals surface area contributed by atoms with E-state index in [0.29, 0.717) is 11.6 Å². The van der Waals surface area contributed by atoms with Gasteiger partial charge in [0.15, 0.2) is 0 Å². The smallest absolute Gasteiger partial charge is 0.0917 e. The van der Waals surface area contributed by atoms with Crippen molar-refractivity contribution < 1.29 is 10.2 Å². The molecule has 1 atom stereocenters. The first-order valence-corrected chi connectivity index (χ1v) is 7.73. The number of likely N-dealkylation sites (tertiary alicyclic amines) is 1. The number of nitrogens with zero attached hydrogens (tertiary/aromatic N) is 1. The lowest BCUT2D eigenvalue weighted by molar-refractivity contribution is 0.0215. The third-order valence-corrected chi connectivity index (χ3v) is 4.90.